The Morgan fingerprint density at radius 2 is 1.82 bits per heavy atom. The maximum absolute atomic E-state index is 12.3. The van der Waals surface area contributed by atoms with Crippen molar-refractivity contribution in [3.05, 3.63) is 35.1 Å². The molecule has 0 spiro atoms. The van der Waals surface area contributed by atoms with E-state index in [1.54, 1.807) is 29.4 Å². The number of hydrogen-bond acceptors (Lipinski definition) is 5. The Hall–Kier alpha value is -2.44. The van der Waals surface area contributed by atoms with Gasteiger partial charge in [0.1, 0.15) is 6.54 Å². The quantitative estimate of drug-likeness (QED) is 0.853. The maximum Gasteiger partial charge on any atom is 0.437 e. The predicted molar refractivity (Wildman–Crippen MR) is 79.0 cm³/mol. The average Bonchev–Trinajstić information content (AvgIpc) is 2.76. The second-order valence-corrected chi connectivity index (χ2v) is 5.36. The lowest BCUT2D eigenvalue weighted by molar-refractivity contribution is -0.132. The van der Waals surface area contributed by atoms with E-state index in [9.17, 15) is 9.59 Å². The van der Waals surface area contributed by atoms with Crippen molar-refractivity contribution in [2.75, 3.05) is 13.1 Å². The summed E-state index contributed by atoms with van der Waals surface area (Å²) in [5.74, 6) is -0.496. The summed E-state index contributed by atoms with van der Waals surface area (Å²) in [6.07, 6.45) is 7.52. The maximum atomic E-state index is 12.3. The van der Waals surface area contributed by atoms with E-state index in [1.807, 2.05) is 0 Å². The van der Waals surface area contributed by atoms with Gasteiger partial charge in [-0.2, -0.15) is 4.68 Å². The minimum atomic E-state index is -0.616. The highest BCUT2D eigenvalue weighted by atomic mass is 16.4. The van der Waals surface area contributed by atoms with Crippen molar-refractivity contribution in [1.82, 2.24) is 19.7 Å². The van der Waals surface area contributed by atoms with E-state index in [-0.39, 0.29) is 18.3 Å². The van der Waals surface area contributed by atoms with Crippen LogP contribution in [0.25, 0.3) is 11.5 Å². The molecule has 0 atom stereocenters. The van der Waals surface area contributed by atoms with Crippen LogP contribution in [0.1, 0.15) is 25.7 Å². The summed E-state index contributed by atoms with van der Waals surface area (Å²) in [6, 6.07) is 3.40. The van der Waals surface area contributed by atoms with Gasteiger partial charge in [0.05, 0.1) is 0 Å². The summed E-state index contributed by atoms with van der Waals surface area (Å²) >= 11 is 0. The van der Waals surface area contributed by atoms with Crippen LogP contribution in [0.4, 0.5) is 0 Å². The number of likely N-dealkylation sites (tertiary alicyclic amines) is 1. The molecule has 1 aliphatic heterocycles. The van der Waals surface area contributed by atoms with Gasteiger partial charge in [-0.25, -0.2) is 4.79 Å². The van der Waals surface area contributed by atoms with Crippen LogP contribution in [0.3, 0.4) is 0 Å². The minimum Gasteiger partial charge on any atom is -0.388 e. The van der Waals surface area contributed by atoms with Gasteiger partial charge >= 0.3 is 5.76 Å². The molecule has 0 aliphatic carbocycles. The van der Waals surface area contributed by atoms with Gasteiger partial charge in [0.25, 0.3) is 0 Å². The summed E-state index contributed by atoms with van der Waals surface area (Å²) in [6.45, 7) is 1.43. The Kier molecular flexibility index (Phi) is 4.32. The number of aromatic nitrogens is 3. The highest BCUT2D eigenvalue weighted by molar-refractivity contribution is 5.75. The molecule has 22 heavy (non-hydrogen) atoms. The molecule has 0 aromatic carbocycles. The zero-order valence-electron chi connectivity index (χ0n) is 12.3. The zero-order chi connectivity index (χ0) is 15.4. The van der Waals surface area contributed by atoms with Crippen molar-refractivity contribution >= 4 is 5.91 Å². The molecular formula is C15H18N4O3. The third-order valence-corrected chi connectivity index (χ3v) is 3.78. The number of carbonyl (C=O) groups excluding carboxylic acids is 1. The smallest absolute Gasteiger partial charge is 0.388 e. The summed E-state index contributed by atoms with van der Waals surface area (Å²) < 4.78 is 6.20. The molecule has 0 N–H and O–H groups in total. The second-order valence-electron chi connectivity index (χ2n) is 5.36. The largest absolute Gasteiger partial charge is 0.437 e. The van der Waals surface area contributed by atoms with Crippen molar-refractivity contribution in [3.8, 4) is 11.5 Å². The Morgan fingerprint density at radius 3 is 2.50 bits per heavy atom. The number of rotatable bonds is 3. The molecule has 1 saturated heterocycles. The molecule has 116 valence electrons. The first-order valence-electron chi connectivity index (χ1n) is 7.50. The summed E-state index contributed by atoms with van der Waals surface area (Å²) in [5.41, 5.74) is 0.660. The number of pyridine rings is 1. The van der Waals surface area contributed by atoms with Crippen molar-refractivity contribution in [2.45, 2.75) is 32.2 Å². The molecule has 1 fully saturated rings. The van der Waals surface area contributed by atoms with Crippen LogP contribution in [-0.2, 0) is 11.3 Å². The number of nitrogens with zero attached hydrogens (tertiary/aromatic N) is 4. The van der Waals surface area contributed by atoms with Gasteiger partial charge in [-0.05, 0) is 25.0 Å². The third kappa shape index (κ3) is 3.24. The fraction of sp³-hybridized carbons (Fsp3) is 0.467. The Bertz CT molecular complexity index is 684. The van der Waals surface area contributed by atoms with Crippen molar-refractivity contribution in [3.63, 3.8) is 0 Å². The van der Waals surface area contributed by atoms with E-state index >= 15 is 0 Å². The molecule has 0 saturated carbocycles. The molecule has 7 heteroatoms. The molecule has 3 rings (SSSR count). The minimum absolute atomic E-state index is 0.0760. The monoisotopic (exact) mass is 302 g/mol. The molecule has 3 heterocycles. The first-order valence-corrected chi connectivity index (χ1v) is 7.50. The third-order valence-electron chi connectivity index (χ3n) is 3.78. The SMILES string of the molecule is O=C(Cn1nc(-c2ccncc2)oc1=O)N1CCCCCC1. The molecule has 2 aromatic rings. The molecule has 7 nitrogen and oxygen atoms in total. The van der Waals surface area contributed by atoms with E-state index in [2.05, 4.69) is 10.1 Å². The average molecular weight is 302 g/mol. The Morgan fingerprint density at radius 1 is 1.14 bits per heavy atom. The summed E-state index contributed by atoms with van der Waals surface area (Å²) in [4.78, 5) is 29.8. The Balaban J connectivity index is 1.74. The summed E-state index contributed by atoms with van der Waals surface area (Å²) in [5, 5.41) is 4.10. The lowest BCUT2D eigenvalue weighted by Crippen LogP contribution is -2.36. The molecule has 1 aliphatic rings. The predicted octanol–water partition coefficient (Wildman–Crippen LogP) is 1.30. The van der Waals surface area contributed by atoms with Crippen LogP contribution in [0.15, 0.2) is 33.7 Å². The molecule has 0 radical (unpaired) electrons. The second kappa shape index (κ2) is 6.55. The van der Waals surface area contributed by atoms with E-state index in [1.165, 1.54) is 0 Å². The van der Waals surface area contributed by atoms with Crippen molar-refractivity contribution < 1.29 is 9.21 Å². The van der Waals surface area contributed by atoms with E-state index in [0.29, 0.717) is 5.56 Å². The lowest BCUT2D eigenvalue weighted by Gasteiger charge is -2.19. The number of carbonyl (C=O) groups is 1. The normalized spacial score (nSPS) is 15.5. The Labute approximate surface area is 127 Å². The van der Waals surface area contributed by atoms with E-state index in [4.69, 9.17) is 4.42 Å². The fourth-order valence-corrected chi connectivity index (χ4v) is 2.57. The van der Waals surface area contributed by atoms with Gasteiger partial charge in [-0.3, -0.25) is 9.78 Å². The van der Waals surface area contributed by atoms with E-state index < -0.39 is 5.76 Å². The first kappa shape index (κ1) is 14.5. The van der Waals surface area contributed by atoms with Crippen LogP contribution >= 0.6 is 0 Å². The topological polar surface area (TPSA) is 81.2 Å². The van der Waals surface area contributed by atoms with Gasteiger partial charge in [0, 0.05) is 31.0 Å². The number of hydrogen-bond donors (Lipinski definition) is 0. The van der Waals surface area contributed by atoms with Gasteiger partial charge < -0.3 is 9.32 Å². The lowest BCUT2D eigenvalue weighted by atomic mass is 10.2. The first-order chi connectivity index (χ1) is 10.7. The van der Waals surface area contributed by atoms with Crippen LogP contribution < -0.4 is 5.76 Å². The molecule has 1 amide bonds. The summed E-state index contributed by atoms with van der Waals surface area (Å²) in [7, 11) is 0. The van der Waals surface area contributed by atoms with Crippen molar-refractivity contribution in [2.24, 2.45) is 0 Å². The highest BCUT2D eigenvalue weighted by Crippen LogP contribution is 2.13. The fourth-order valence-electron chi connectivity index (χ4n) is 2.57. The number of amides is 1. The van der Waals surface area contributed by atoms with Gasteiger partial charge in [0.15, 0.2) is 0 Å². The van der Waals surface area contributed by atoms with E-state index in [0.717, 1.165) is 43.5 Å². The van der Waals surface area contributed by atoms with Gasteiger partial charge in [-0.15, -0.1) is 5.10 Å². The van der Waals surface area contributed by atoms with Crippen LogP contribution in [-0.4, -0.2) is 38.7 Å². The van der Waals surface area contributed by atoms with Gasteiger partial charge in [-0.1, -0.05) is 12.8 Å². The van der Waals surface area contributed by atoms with Crippen LogP contribution in [0, 0.1) is 0 Å². The molecular weight excluding hydrogens is 284 g/mol. The standard InChI is InChI=1S/C15H18N4O3/c20-13(18-9-3-1-2-4-10-18)11-19-15(21)22-14(17-19)12-5-7-16-8-6-12/h5-8H,1-4,9-11H2. The zero-order valence-corrected chi connectivity index (χ0v) is 12.3. The van der Waals surface area contributed by atoms with Crippen LogP contribution in [0.5, 0.6) is 0 Å². The highest BCUT2D eigenvalue weighted by Gasteiger charge is 2.19. The van der Waals surface area contributed by atoms with Crippen LogP contribution in [0.2, 0.25) is 0 Å². The van der Waals surface area contributed by atoms with Crippen molar-refractivity contribution in [1.29, 1.82) is 0 Å². The van der Waals surface area contributed by atoms with Gasteiger partial charge in [0.2, 0.25) is 11.8 Å². The molecule has 2 aromatic heterocycles. The molecule has 0 unspecified atom stereocenters. The molecule has 0 bridgehead atoms.